The predicted molar refractivity (Wildman–Crippen MR) is 141 cm³/mol. The van der Waals surface area contributed by atoms with E-state index in [1.165, 1.54) is 25.0 Å². The van der Waals surface area contributed by atoms with E-state index in [0.717, 1.165) is 11.1 Å². The van der Waals surface area contributed by atoms with Crippen LogP contribution in [0.4, 0.5) is 0 Å². The van der Waals surface area contributed by atoms with Gasteiger partial charge in [-0.2, -0.15) is 9.78 Å². The molecule has 4 rings (SSSR count). The molecule has 182 valence electrons. The van der Waals surface area contributed by atoms with Crippen LogP contribution < -0.4 is 9.47 Å². The maximum absolute atomic E-state index is 13.2. The number of carbonyl (C=O) groups is 1. The first kappa shape index (κ1) is 24.6. The Bertz CT molecular complexity index is 1460. The highest BCUT2D eigenvalue weighted by molar-refractivity contribution is 6.30. The number of benzene rings is 3. The molecule has 8 heteroatoms. The molecule has 0 aliphatic rings. The third-order valence-electron chi connectivity index (χ3n) is 5.34. The lowest BCUT2D eigenvalue weighted by Crippen LogP contribution is -2.15. The maximum atomic E-state index is 13.2. The second-order valence-electron chi connectivity index (χ2n) is 7.75. The molecule has 36 heavy (non-hydrogen) atoms. The van der Waals surface area contributed by atoms with Gasteiger partial charge in [-0.15, -0.1) is 0 Å². The van der Waals surface area contributed by atoms with Crippen LogP contribution in [0.15, 0.2) is 66.7 Å². The van der Waals surface area contributed by atoms with Gasteiger partial charge >= 0.3 is 0 Å². The summed E-state index contributed by atoms with van der Waals surface area (Å²) in [5.41, 5.74) is 3.08. The molecule has 0 atom stereocenters. The van der Waals surface area contributed by atoms with E-state index in [2.05, 4.69) is 5.10 Å². The van der Waals surface area contributed by atoms with Crippen molar-refractivity contribution in [1.82, 2.24) is 9.78 Å². The standard InChI is InChI=1S/C28H23ClN2O5/c1-35-26-15-18(5-13-24(26)32)3-11-22-17-23(12-4-19-6-14-25(33)27(16-19)36-2)31(30-22)28(34)20-7-9-21(29)10-8-20/h3-17,32-33H,1-2H3. The molecule has 7 nitrogen and oxygen atoms in total. The van der Waals surface area contributed by atoms with Crippen molar-refractivity contribution in [2.45, 2.75) is 0 Å². The van der Waals surface area contributed by atoms with E-state index in [9.17, 15) is 15.0 Å². The van der Waals surface area contributed by atoms with E-state index in [-0.39, 0.29) is 17.4 Å². The average molecular weight is 503 g/mol. The van der Waals surface area contributed by atoms with Gasteiger partial charge in [0.2, 0.25) is 0 Å². The third kappa shape index (κ3) is 5.59. The Morgan fingerprint density at radius 3 is 1.92 bits per heavy atom. The van der Waals surface area contributed by atoms with Crippen LogP contribution >= 0.6 is 11.6 Å². The second-order valence-corrected chi connectivity index (χ2v) is 8.18. The lowest BCUT2D eigenvalue weighted by molar-refractivity contribution is 0.0944. The summed E-state index contributed by atoms with van der Waals surface area (Å²) in [5.74, 6) is 0.464. The van der Waals surface area contributed by atoms with Gasteiger partial charge < -0.3 is 19.7 Å². The Labute approximate surface area is 213 Å². The summed E-state index contributed by atoms with van der Waals surface area (Å²) in [5, 5.41) is 24.7. The fourth-order valence-corrected chi connectivity index (χ4v) is 3.58. The normalized spacial score (nSPS) is 11.3. The number of halogens is 1. The molecule has 0 unspecified atom stereocenters. The number of methoxy groups -OCH3 is 2. The van der Waals surface area contributed by atoms with Crippen molar-refractivity contribution >= 4 is 41.8 Å². The molecule has 3 aromatic carbocycles. The third-order valence-corrected chi connectivity index (χ3v) is 5.59. The smallest absolute Gasteiger partial charge is 0.278 e. The highest BCUT2D eigenvalue weighted by atomic mass is 35.5. The van der Waals surface area contributed by atoms with E-state index in [1.807, 2.05) is 0 Å². The van der Waals surface area contributed by atoms with Gasteiger partial charge in [0.1, 0.15) is 0 Å². The van der Waals surface area contributed by atoms with Crippen LogP contribution in [0.5, 0.6) is 23.0 Å². The van der Waals surface area contributed by atoms with E-state index < -0.39 is 0 Å². The van der Waals surface area contributed by atoms with Crippen molar-refractivity contribution in [3.05, 3.63) is 99.8 Å². The van der Waals surface area contributed by atoms with Gasteiger partial charge in [-0.3, -0.25) is 4.79 Å². The first-order valence-corrected chi connectivity index (χ1v) is 11.3. The molecule has 0 aliphatic carbocycles. The van der Waals surface area contributed by atoms with Gasteiger partial charge in [0.05, 0.1) is 25.6 Å². The Kier molecular flexibility index (Phi) is 7.42. The summed E-state index contributed by atoms with van der Waals surface area (Å²) in [6, 6.07) is 18.3. The number of aromatic nitrogens is 2. The van der Waals surface area contributed by atoms with Crippen molar-refractivity contribution in [2.24, 2.45) is 0 Å². The topological polar surface area (TPSA) is 93.8 Å². The van der Waals surface area contributed by atoms with Gasteiger partial charge in [-0.25, -0.2) is 0 Å². The monoisotopic (exact) mass is 502 g/mol. The molecule has 2 N–H and O–H groups in total. The summed E-state index contributed by atoms with van der Waals surface area (Å²) in [7, 11) is 2.96. The van der Waals surface area contributed by atoms with Crippen LogP contribution in [0, 0.1) is 0 Å². The molecule has 0 saturated carbocycles. The molecule has 4 aromatic rings. The Morgan fingerprint density at radius 1 is 0.806 bits per heavy atom. The van der Waals surface area contributed by atoms with Crippen molar-refractivity contribution in [3.63, 3.8) is 0 Å². The second kappa shape index (κ2) is 10.8. The van der Waals surface area contributed by atoms with Crippen molar-refractivity contribution < 1.29 is 24.5 Å². The molecule has 0 fully saturated rings. The zero-order valence-corrected chi connectivity index (χ0v) is 20.3. The number of hydrogen-bond donors (Lipinski definition) is 2. The van der Waals surface area contributed by atoms with Gasteiger partial charge in [0, 0.05) is 10.6 Å². The van der Waals surface area contributed by atoms with Crippen molar-refractivity contribution in [2.75, 3.05) is 14.2 Å². The minimum absolute atomic E-state index is 0.0379. The molecule has 0 aliphatic heterocycles. The molecule has 1 heterocycles. The van der Waals surface area contributed by atoms with Crippen LogP contribution in [0.3, 0.4) is 0 Å². The first-order valence-electron chi connectivity index (χ1n) is 10.9. The van der Waals surface area contributed by atoms with Gasteiger partial charge in [-0.1, -0.05) is 35.9 Å². The zero-order chi connectivity index (χ0) is 25.7. The quantitative estimate of drug-likeness (QED) is 0.322. The molecule has 0 radical (unpaired) electrons. The average Bonchev–Trinajstić information content (AvgIpc) is 3.30. The summed E-state index contributed by atoms with van der Waals surface area (Å²) in [6.07, 6.45) is 7.12. The minimum Gasteiger partial charge on any atom is -0.504 e. The lowest BCUT2D eigenvalue weighted by atomic mass is 10.1. The summed E-state index contributed by atoms with van der Waals surface area (Å²) < 4.78 is 11.6. The minimum atomic E-state index is -0.319. The van der Waals surface area contributed by atoms with E-state index in [4.69, 9.17) is 21.1 Å². The summed E-state index contributed by atoms with van der Waals surface area (Å²) in [6.45, 7) is 0. The van der Waals surface area contributed by atoms with Crippen LogP contribution in [0.1, 0.15) is 32.9 Å². The fraction of sp³-hybridized carbons (Fsp3) is 0.0714. The van der Waals surface area contributed by atoms with E-state index >= 15 is 0 Å². The molecule has 0 bridgehead atoms. The highest BCUT2D eigenvalue weighted by Gasteiger charge is 2.14. The number of hydrogen-bond acceptors (Lipinski definition) is 6. The maximum Gasteiger partial charge on any atom is 0.278 e. The Balaban J connectivity index is 1.70. The molecular weight excluding hydrogens is 480 g/mol. The molecular formula is C28H23ClN2O5. The molecule has 0 spiro atoms. The van der Waals surface area contributed by atoms with Gasteiger partial charge in [0.15, 0.2) is 23.0 Å². The van der Waals surface area contributed by atoms with Crippen LogP contribution in [0.25, 0.3) is 24.3 Å². The Morgan fingerprint density at radius 2 is 1.36 bits per heavy atom. The number of rotatable bonds is 7. The van der Waals surface area contributed by atoms with Crippen molar-refractivity contribution in [3.8, 4) is 23.0 Å². The zero-order valence-electron chi connectivity index (χ0n) is 19.6. The number of nitrogens with zero attached hydrogens (tertiary/aromatic N) is 2. The van der Waals surface area contributed by atoms with Crippen molar-refractivity contribution in [1.29, 1.82) is 0 Å². The van der Waals surface area contributed by atoms with Crippen LogP contribution in [-0.2, 0) is 0 Å². The van der Waals surface area contributed by atoms with Gasteiger partial charge in [0.25, 0.3) is 5.91 Å². The molecule has 1 aromatic heterocycles. The van der Waals surface area contributed by atoms with E-state index in [1.54, 1.807) is 85.0 Å². The molecule has 0 amide bonds. The first-order chi connectivity index (χ1) is 17.4. The number of aromatic hydroxyl groups is 2. The number of phenolic OH excluding ortho intramolecular Hbond substituents is 2. The number of ether oxygens (including phenoxy) is 2. The summed E-state index contributed by atoms with van der Waals surface area (Å²) in [4.78, 5) is 13.2. The SMILES string of the molecule is COc1cc(C=Cc2cc(C=Cc3ccc(O)c(OC)c3)n(C(=O)c3ccc(Cl)cc3)n2)ccc1O. The lowest BCUT2D eigenvalue weighted by Gasteiger charge is -2.05. The predicted octanol–water partition coefficient (Wildman–Crippen LogP) is 5.99. The number of phenols is 2. The van der Waals surface area contributed by atoms with Gasteiger partial charge in [-0.05, 0) is 77.9 Å². The highest BCUT2D eigenvalue weighted by Crippen LogP contribution is 2.28. The van der Waals surface area contributed by atoms with Crippen LogP contribution in [0.2, 0.25) is 5.02 Å². The van der Waals surface area contributed by atoms with E-state index in [0.29, 0.717) is 33.5 Å². The van der Waals surface area contributed by atoms with Crippen LogP contribution in [-0.4, -0.2) is 40.1 Å². The number of carbonyl (C=O) groups excluding carboxylic acids is 1. The largest absolute Gasteiger partial charge is 0.504 e. The Hall–Kier alpha value is -4.49. The molecule has 0 saturated heterocycles. The fourth-order valence-electron chi connectivity index (χ4n) is 3.45. The summed E-state index contributed by atoms with van der Waals surface area (Å²) >= 11 is 5.98.